The molecule has 9 atom stereocenters. The van der Waals surface area contributed by atoms with E-state index in [0.717, 1.165) is 42.4 Å². The molecule has 0 bridgehead atoms. The lowest BCUT2D eigenvalue weighted by Crippen LogP contribution is -2.50. The molecule has 0 radical (unpaired) electrons. The molecule has 166 valence electrons. The Bertz CT molecular complexity index is 612. The van der Waals surface area contributed by atoms with Crippen molar-refractivity contribution in [3.05, 3.63) is 11.6 Å². The van der Waals surface area contributed by atoms with E-state index in [-0.39, 0.29) is 6.10 Å². The van der Waals surface area contributed by atoms with Crippen molar-refractivity contribution in [1.82, 2.24) is 0 Å². The Morgan fingerprint density at radius 2 is 1.83 bits per heavy atom. The van der Waals surface area contributed by atoms with E-state index in [4.69, 9.17) is 0 Å². The molecule has 0 aromatic heterocycles. The molecule has 0 aromatic rings. The molecule has 0 spiro atoms. The summed E-state index contributed by atoms with van der Waals surface area (Å²) in [6.07, 6.45) is 16.4. The number of fused-ring (bicyclic) bond motifs is 5. The van der Waals surface area contributed by atoms with Crippen LogP contribution in [0.1, 0.15) is 98.3 Å². The fourth-order valence-corrected chi connectivity index (χ4v) is 8.70. The van der Waals surface area contributed by atoms with Crippen LogP contribution in [0.2, 0.25) is 0 Å². The van der Waals surface area contributed by atoms with Crippen LogP contribution >= 0.6 is 0 Å². The van der Waals surface area contributed by atoms with E-state index in [0.29, 0.717) is 23.4 Å². The first-order valence-corrected chi connectivity index (χ1v) is 12.8. The molecule has 3 fully saturated rings. The summed E-state index contributed by atoms with van der Waals surface area (Å²) in [5.74, 6) is 4.82. The van der Waals surface area contributed by atoms with Crippen molar-refractivity contribution in [2.45, 2.75) is 104 Å². The van der Waals surface area contributed by atoms with Gasteiger partial charge in [0.25, 0.3) is 0 Å². The van der Waals surface area contributed by atoms with Crippen LogP contribution < -0.4 is 0 Å². The largest absolute Gasteiger partial charge is 0.396 e. The Hall–Kier alpha value is -0.340. The van der Waals surface area contributed by atoms with Crippen molar-refractivity contribution in [3.63, 3.8) is 0 Å². The monoisotopic (exact) mass is 402 g/mol. The Balaban J connectivity index is 1.46. The lowest BCUT2D eigenvalue weighted by molar-refractivity contribution is -0.0573. The van der Waals surface area contributed by atoms with Gasteiger partial charge in [0.1, 0.15) is 0 Å². The molecule has 0 amide bonds. The molecule has 2 heteroatoms. The van der Waals surface area contributed by atoms with Gasteiger partial charge in [-0.2, -0.15) is 0 Å². The zero-order valence-corrected chi connectivity index (χ0v) is 19.5. The quantitative estimate of drug-likeness (QED) is 0.507. The Morgan fingerprint density at radius 3 is 2.59 bits per heavy atom. The number of hydrogen-bond acceptors (Lipinski definition) is 2. The summed E-state index contributed by atoms with van der Waals surface area (Å²) in [7, 11) is 0. The average Bonchev–Trinajstić information content (AvgIpc) is 3.05. The SMILES string of the molecule is C[C@H](CO)CCC[C@@H](C)[C@H]1CC[C@H]2[C@@H]3CC=C4CC(O)CC[C@]4(C)[C@H]3CC[C@]12C. The van der Waals surface area contributed by atoms with Gasteiger partial charge in [0, 0.05) is 6.61 Å². The van der Waals surface area contributed by atoms with Crippen molar-refractivity contribution >= 4 is 0 Å². The summed E-state index contributed by atoms with van der Waals surface area (Å²) in [5.41, 5.74) is 2.51. The van der Waals surface area contributed by atoms with Gasteiger partial charge < -0.3 is 10.2 Å². The Morgan fingerprint density at radius 1 is 1.03 bits per heavy atom. The fourth-order valence-electron chi connectivity index (χ4n) is 8.70. The third-order valence-electron chi connectivity index (χ3n) is 10.5. The summed E-state index contributed by atoms with van der Waals surface area (Å²) in [5, 5.41) is 19.5. The number of aliphatic hydroxyl groups excluding tert-OH is 2. The van der Waals surface area contributed by atoms with E-state index < -0.39 is 0 Å². The summed E-state index contributed by atoms with van der Waals surface area (Å²) in [4.78, 5) is 0. The zero-order valence-electron chi connectivity index (χ0n) is 19.5. The van der Waals surface area contributed by atoms with Gasteiger partial charge >= 0.3 is 0 Å². The van der Waals surface area contributed by atoms with Gasteiger partial charge in [-0.1, -0.05) is 52.2 Å². The number of allylic oxidation sites excluding steroid dienone is 1. The number of aliphatic hydroxyl groups is 2. The van der Waals surface area contributed by atoms with Crippen LogP contribution in [-0.4, -0.2) is 22.9 Å². The van der Waals surface area contributed by atoms with Gasteiger partial charge in [0.2, 0.25) is 0 Å². The number of rotatable bonds is 6. The summed E-state index contributed by atoms with van der Waals surface area (Å²) < 4.78 is 0. The van der Waals surface area contributed by atoms with Crippen molar-refractivity contribution in [1.29, 1.82) is 0 Å². The first-order chi connectivity index (χ1) is 13.8. The van der Waals surface area contributed by atoms with E-state index in [9.17, 15) is 10.2 Å². The molecule has 2 nitrogen and oxygen atoms in total. The molecule has 0 aliphatic heterocycles. The van der Waals surface area contributed by atoms with E-state index in [2.05, 4.69) is 33.8 Å². The van der Waals surface area contributed by atoms with Crippen molar-refractivity contribution in [3.8, 4) is 0 Å². The summed E-state index contributed by atoms with van der Waals surface area (Å²) >= 11 is 0. The maximum absolute atomic E-state index is 10.2. The third kappa shape index (κ3) is 3.75. The molecule has 1 unspecified atom stereocenters. The standard InChI is InChI=1S/C27H46O2/c1-18(17-28)6-5-7-19(2)23-10-11-24-22-9-8-20-16-21(29)12-14-26(20,3)25(22)13-15-27(23,24)4/h8,18-19,21-25,28-29H,5-7,9-17H2,1-4H3/t18-,19+,21?,22-,23+,24-,25-,26-,27+/m0/s1. The van der Waals surface area contributed by atoms with E-state index >= 15 is 0 Å². The molecule has 3 saturated carbocycles. The number of hydrogen-bond donors (Lipinski definition) is 2. The predicted molar refractivity (Wildman–Crippen MR) is 120 cm³/mol. The van der Waals surface area contributed by atoms with Gasteiger partial charge in [-0.25, -0.2) is 0 Å². The maximum atomic E-state index is 10.2. The third-order valence-corrected chi connectivity index (χ3v) is 10.5. The second-order valence-corrected chi connectivity index (χ2v) is 12.1. The molecular formula is C27H46O2. The molecule has 0 saturated heterocycles. The zero-order chi connectivity index (χ0) is 20.8. The normalized spacial score (nSPS) is 46.3. The van der Waals surface area contributed by atoms with Crippen molar-refractivity contribution in [2.24, 2.45) is 46.3 Å². The van der Waals surface area contributed by atoms with Crippen LogP contribution in [0.15, 0.2) is 11.6 Å². The second-order valence-electron chi connectivity index (χ2n) is 12.1. The molecule has 4 aliphatic carbocycles. The first-order valence-electron chi connectivity index (χ1n) is 12.8. The van der Waals surface area contributed by atoms with Crippen LogP contribution in [-0.2, 0) is 0 Å². The van der Waals surface area contributed by atoms with Gasteiger partial charge in [-0.15, -0.1) is 0 Å². The molecular weight excluding hydrogens is 356 g/mol. The first kappa shape index (κ1) is 21.9. The van der Waals surface area contributed by atoms with E-state index in [1.54, 1.807) is 5.57 Å². The van der Waals surface area contributed by atoms with E-state index in [1.807, 2.05) is 0 Å². The van der Waals surface area contributed by atoms with Gasteiger partial charge in [-0.3, -0.25) is 0 Å². The topological polar surface area (TPSA) is 40.5 Å². The van der Waals surface area contributed by atoms with Gasteiger partial charge in [-0.05, 0) is 104 Å². The average molecular weight is 403 g/mol. The maximum Gasteiger partial charge on any atom is 0.0577 e. The Kier molecular flexibility index (Phi) is 6.26. The highest BCUT2D eigenvalue weighted by atomic mass is 16.3. The smallest absolute Gasteiger partial charge is 0.0577 e. The molecule has 2 N–H and O–H groups in total. The molecule has 4 rings (SSSR count). The predicted octanol–water partition coefficient (Wildman–Crippen LogP) is 6.36. The molecule has 4 aliphatic rings. The minimum absolute atomic E-state index is 0.0926. The lowest BCUT2D eigenvalue weighted by atomic mass is 9.47. The van der Waals surface area contributed by atoms with Crippen molar-refractivity contribution < 1.29 is 10.2 Å². The van der Waals surface area contributed by atoms with Crippen LogP contribution in [0.5, 0.6) is 0 Å². The van der Waals surface area contributed by atoms with Crippen LogP contribution in [0.4, 0.5) is 0 Å². The van der Waals surface area contributed by atoms with Crippen LogP contribution in [0.3, 0.4) is 0 Å². The highest BCUT2D eigenvalue weighted by Gasteiger charge is 2.59. The minimum Gasteiger partial charge on any atom is -0.396 e. The summed E-state index contributed by atoms with van der Waals surface area (Å²) in [6.45, 7) is 10.2. The highest BCUT2D eigenvalue weighted by Crippen LogP contribution is 2.67. The lowest BCUT2D eigenvalue weighted by Gasteiger charge is -2.58. The van der Waals surface area contributed by atoms with Crippen LogP contribution in [0, 0.1) is 46.3 Å². The highest BCUT2D eigenvalue weighted by molar-refractivity contribution is 5.25. The Labute approximate surface area is 179 Å². The second kappa shape index (κ2) is 8.30. The van der Waals surface area contributed by atoms with Crippen LogP contribution in [0.25, 0.3) is 0 Å². The van der Waals surface area contributed by atoms with Gasteiger partial charge in [0.05, 0.1) is 6.10 Å². The van der Waals surface area contributed by atoms with E-state index in [1.165, 1.54) is 57.8 Å². The molecule has 0 aromatic carbocycles. The molecule has 29 heavy (non-hydrogen) atoms. The minimum atomic E-state index is -0.0926. The van der Waals surface area contributed by atoms with Gasteiger partial charge in [0.15, 0.2) is 0 Å². The summed E-state index contributed by atoms with van der Waals surface area (Å²) in [6, 6.07) is 0. The fraction of sp³-hybridized carbons (Fsp3) is 0.926. The van der Waals surface area contributed by atoms with Crippen molar-refractivity contribution in [2.75, 3.05) is 6.61 Å². The molecule has 0 heterocycles.